The van der Waals surface area contributed by atoms with Crippen molar-refractivity contribution >= 4 is 27.5 Å². The summed E-state index contributed by atoms with van der Waals surface area (Å²) < 4.78 is 39.4. The van der Waals surface area contributed by atoms with Crippen molar-refractivity contribution in [2.45, 2.75) is 31.3 Å². The Kier molecular flexibility index (Phi) is 9.72. The molecule has 0 unspecified atom stereocenters. The average molecular weight is 540 g/mol. The first-order valence-corrected chi connectivity index (χ1v) is 13.6. The van der Waals surface area contributed by atoms with Crippen LogP contribution >= 0.6 is 0 Å². The molecular formula is C28H33N3O6S. The average Bonchev–Trinajstić information content (AvgIpc) is 2.94. The van der Waals surface area contributed by atoms with Crippen LogP contribution in [-0.4, -0.2) is 58.5 Å². The Hall–Kier alpha value is -4.05. The molecule has 9 nitrogen and oxygen atoms in total. The zero-order chi connectivity index (χ0) is 27.7. The van der Waals surface area contributed by atoms with Gasteiger partial charge in [0.15, 0.2) is 11.5 Å². The summed E-state index contributed by atoms with van der Waals surface area (Å²) in [6, 6.07) is 21.0. The number of nitrogens with zero attached hydrogens (tertiary/aromatic N) is 2. The number of sulfonamides is 1. The van der Waals surface area contributed by atoms with Crippen molar-refractivity contribution in [1.29, 1.82) is 0 Å². The van der Waals surface area contributed by atoms with E-state index < -0.39 is 28.5 Å². The highest BCUT2D eigenvalue weighted by atomic mass is 32.2. The van der Waals surface area contributed by atoms with Gasteiger partial charge in [0.1, 0.15) is 12.6 Å². The highest BCUT2D eigenvalue weighted by Gasteiger charge is 2.32. The Balaban J connectivity index is 2.03. The number of benzene rings is 3. The van der Waals surface area contributed by atoms with E-state index in [1.807, 2.05) is 30.3 Å². The van der Waals surface area contributed by atoms with E-state index in [2.05, 4.69) is 5.32 Å². The third-order valence-corrected chi connectivity index (χ3v) is 7.75. The maximum Gasteiger partial charge on any atom is 0.264 e. The van der Waals surface area contributed by atoms with Gasteiger partial charge >= 0.3 is 0 Å². The van der Waals surface area contributed by atoms with Gasteiger partial charge in [-0.25, -0.2) is 8.42 Å². The lowest BCUT2D eigenvalue weighted by Gasteiger charge is -2.32. The molecule has 0 spiro atoms. The fraction of sp³-hybridized carbons (Fsp3) is 0.286. The number of methoxy groups -OCH3 is 2. The molecule has 1 N–H and O–H groups in total. The van der Waals surface area contributed by atoms with Crippen molar-refractivity contribution in [3.63, 3.8) is 0 Å². The molecule has 3 rings (SSSR count). The van der Waals surface area contributed by atoms with Crippen molar-refractivity contribution in [3.05, 3.63) is 84.4 Å². The second-order valence-corrected chi connectivity index (χ2v) is 10.3. The number of rotatable bonds is 12. The molecule has 3 aromatic rings. The Bertz CT molecular complexity index is 1330. The lowest BCUT2D eigenvalue weighted by atomic mass is 10.1. The maximum atomic E-state index is 13.9. The smallest absolute Gasteiger partial charge is 0.264 e. The first kappa shape index (κ1) is 28.5. The van der Waals surface area contributed by atoms with Gasteiger partial charge in [-0.2, -0.15) is 0 Å². The van der Waals surface area contributed by atoms with Crippen LogP contribution in [0.25, 0.3) is 0 Å². The highest BCUT2D eigenvalue weighted by molar-refractivity contribution is 7.92. The van der Waals surface area contributed by atoms with Crippen LogP contribution in [0.15, 0.2) is 83.8 Å². The van der Waals surface area contributed by atoms with Gasteiger partial charge < -0.3 is 19.7 Å². The highest BCUT2D eigenvalue weighted by Crippen LogP contribution is 2.32. The van der Waals surface area contributed by atoms with Gasteiger partial charge in [-0.15, -0.1) is 0 Å². The molecule has 0 fully saturated rings. The Labute approximate surface area is 224 Å². The molecule has 0 aliphatic carbocycles. The molecule has 3 aromatic carbocycles. The van der Waals surface area contributed by atoms with Gasteiger partial charge in [-0.05, 0) is 43.7 Å². The molecule has 0 bridgehead atoms. The largest absolute Gasteiger partial charge is 0.493 e. The van der Waals surface area contributed by atoms with E-state index in [-0.39, 0.29) is 23.1 Å². The van der Waals surface area contributed by atoms with Crippen molar-refractivity contribution in [2.75, 3.05) is 31.6 Å². The molecule has 2 amide bonds. The number of carbonyl (C=O) groups excluding carboxylic acids is 2. The third kappa shape index (κ3) is 6.63. The van der Waals surface area contributed by atoms with E-state index >= 15 is 0 Å². The summed E-state index contributed by atoms with van der Waals surface area (Å²) in [5.41, 5.74) is 1.12. The first-order chi connectivity index (χ1) is 18.2. The summed E-state index contributed by atoms with van der Waals surface area (Å²) in [5.74, 6) is -0.242. The number of para-hydroxylation sites is 1. The molecule has 0 saturated carbocycles. The van der Waals surface area contributed by atoms with Gasteiger partial charge in [0, 0.05) is 19.2 Å². The van der Waals surface area contributed by atoms with Gasteiger partial charge in [-0.1, -0.05) is 48.5 Å². The monoisotopic (exact) mass is 539 g/mol. The molecule has 0 aliphatic heterocycles. The summed E-state index contributed by atoms with van der Waals surface area (Å²) >= 11 is 0. The van der Waals surface area contributed by atoms with E-state index in [4.69, 9.17) is 9.47 Å². The van der Waals surface area contributed by atoms with Crippen LogP contribution in [0, 0.1) is 0 Å². The van der Waals surface area contributed by atoms with Crippen molar-refractivity contribution in [1.82, 2.24) is 10.2 Å². The molecule has 1 atom stereocenters. The lowest BCUT2D eigenvalue weighted by Crippen LogP contribution is -2.51. The molecule has 10 heteroatoms. The van der Waals surface area contributed by atoms with Crippen LogP contribution in [0.2, 0.25) is 0 Å². The summed E-state index contributed by atoms with van der Waals surface area (Å²) in [7, 11) is -1.35. The maximum absolute atomic E-state index is 13.9. The predicted molar refractivity (Wildman–Crippen MR) is 146 cm³/mol. The molecule has 0 aliphatic rings. The predicted octanol–water partition coefficient (Wildman–Crippen LogP) is 3.45. The van der Waals surface area contributed by atoms with Crippen LogP contribution in [0.1, 0.15) is 19.4 Å². The zero-order valence-corrected chi connectivity index (χ0v) is 22.8. The van der Waals surface area contributed by atoms with Crippen LogP contribution in [0.3, 0.4) is 0 Å². The van der Waals surface area contributed by atoms with Crippen LogP contribution in [0.4, 0.5) is 5.69 Å². The number of amides is 2. The Morgan fingerprint density at radius 1 is 0.895 bits per heavy atom. The summed E-state index contributed by atoms with van der Waals surface area (Å²) in [5, 5.41) is 2.74. The first-order valence-electron chi connectivity index (χ1n) is 12.1. The fourth-order valence-electron chi connectivity index (χ4n) is 3.91. The number of hydrogen-bond acceptors (Lipinski definition) is 6. The summed E-state index contributed by atoms with van der Waals surface area (Å²) in [6.45, 7) is 3.44. The minimum absolute atomic E-state index is 0.0711. The second-order valence-electron chi connectivity index (χ2n) is 8.44. The van der Waals surface area contributed by atoms with Crippen LogP contribution < -0.4 is 19.1 Å². The minimum atomic E-state index is -4.22. The number of carbonyl (C=O) groups is 2. The van der Waals surface area contributed by atoms with Crippen LogP contribution in [0.5, 0.6) is 11.5 Å². The van der Waals surface area contributed by atoms with E-state index in [0.29, 0.717) is 18.0 Å². The van der Waals surface area contributed by atoms with Gasteiger partial charge in [0.25, 0.3) is 10.0 Å². The van der Waals surface area contributed by atoms with E-state index in [1.165, 1.54) is 37.3 Å². The number of nitrogens with one attached hydrogen (secondary N) is 1. The summed E-state index contributed by atoms with van der Waals surface area (Å²) in [4.78, 5) is 27.8. The van der Waals surface area contributed by atoms with Crippen molar-refractivity contribution in [2.24, 2.45) is 0 Å². The normalized spacial score (nSPS) is 11.8. The van der Waals surface area contributed by atoms with Crippen molar-refractivity contribution < 1.29 is 27.5 Å². The minimum Gasteiger partial charge on any atom is -0.493 e. The molecule has 0 radical (unpaired) electrons. The molecular weight excluding hydrogens is 506 g/mol. The summed E-state index contributed by atoms with van der Waals surface area (Å²) in [6.07, 6.45) is 0. The standard InChI is InChI=1S/C28H33N3O6S/c1-5-29-28(33)21(2)30(19-22-12-8-6-9-13-22)27(32)20-31(23-14-10-7-11-15-23)38(34,35)24-16-17-25(36-3)26(18-24)37-4/h6-18,21H,5,19-20H2,1-4H3,(H,29,33)/t21-/m0/s1. The molecule has 0 heterocycles. The van der Waals surface area contributed by atoms with E-state index in [1.54, 1.807) is 44.2 Å². The van der Waals surface area contributed by atoms with E-state index in [9.17, 15) is 18.0 Å². The number of likely N-dealkylation sites (N-methyl/N-ethyl adjacent to an activating group) is 1. The van der Waals surface area contributed by atoms with E-state index in [0.717, 1.165) is 9.87 Å². The van der Waals surface area contributed by atoms with Gasteiger partial charge in [-0.3, -0.25) is 13.9 Å². The quantitative estimate of drug-likeness (QED) is 0.378. The van der Waals surface area contributed by atoms with Crippen LogP contribution in [-0.2, 0) is 26.2 Å². The number of ether oxygens (including phenoxy) is 2. The molecule has 0 saturated heterocycles. The zero-order valence-electron chi connectivity index (χ0n) is 22.0. The second kappa shape index (κ2) is 13.0. The SMILES string of the molecule is CCNC(=O)[C@H](C)N(Cc1ccccc1)C(=O)CN(c1ccccc1)S(=O)(=O)c1ccc(OC)c(OC)c1. The van der Waals surface area contributed by atoms with Gasteiger partial charge in [0.2, 0.25) is 11.8 Å². The number of hydrogen-bond donors (Lipinski definition) is 1. The van der Waals surface area contributed by atoms with Crippen molar-refractivity contribution in [3.8, 4) is 11.5 Å². The Morgan fingerprint density at radius 2 is 1.50 bits per heavy atom. The third-order valence-electron chi connectivity index (χ3n) is 5.98. The molecule has 202 valence electrons. The fourth-order valence-corrected chi connectivity index (χ4v) is 5.34. The lowest BCUT2D eigenvalue weighted by molar-refractivity contribution is -0.139. The molecule has 0 aromatic heterocycles. The Morgan fingerprint density at radius 3 is 2.08 bits per heavy atom. The molecule has 38 heavy (non-hydrogen) atoms. The van der Waals surface area contributed by atoms with Gasteiger partial charge in [0.05, 0.1) is 24.8 Å². The number of anilines is 1. The topological polar surface area (TPSA) is 105 Å².